The molecular formula is C19H18F3N3O3S. The maximum absolute atomic E-state index is 13.0. The van der Waals surface area contributed by atoms with Gasteiger partial charge in [0, 0.05) is 35.5 Å². The van der Waals surface area contributed by atoms with Gasteiger partial charge in [0.1, 0.15) is 12.3 Å². The summed E-state index contributed by atoms with van der Waals surface area (Å²) >= 11 is 0. The highest BCUT2D eigenvalue weighted by atomic mass is 32.2. The Labute approximate surface area is 165 Å². The normalized spacial score (nSPS) is 14.1. The lowest BCUT2D eigenvalue weighted by Crippen LogP contribution is -2.16. The standard InChI is InChI=1S/C19H18F3N3O3S/c1-29(26,27)16-6-5-13(18-11(16)7-8-28-18)24-14-9-25(10-19(20,21)22)15-4-2-3-12(23)17(14)15/h2-6,9,24H,7-8,10,23H2,1H3. The van der Waals surface area contributed by atoms with Crippen LogP contribution in [-0.4, -0.2) is 32.0 Å². The van der Waals surface area contributed by atoms with Crippen molar-refractivity contribution in [2.45, 2.75) is 24.0 Å². The molecule has 0 unspecified atom stereocenters. The number of alkyl halides is 3. The first-order valence-corrected chi connectivity index (χ1v) is 10.6. The average molecular weight is 425 g/mol. The van der Waals surface area contributed by atoms with E-state index in [1.807, 2.05) is 0 Å². The van der Waals surface area contributed by atoms with Crippen molar-refractivity contribution >= 4 is 37.8 Å². The molecular weight excluding hydrogens is 407 g/mol. The Bertz CT molecular complexity index is 1220. The van der Waals surface area contributed by atoms with Crippen LogP contribution in [0.5, 0.6) is 5.75 Å². The third-order valence-corrected chi connectivity index (χ3v) is 5.95. The van der Waals surface area contributed by atoms with Gasteiger partial charge in [-0.2, -0.15) is 13.2 Å². The molecule has 0 amide bonds. The number of aromatic nitrogens is 1. The molecule has 0 saturated carbocycles. The summed E-state index contributed by atoms with van der Waals surface area (Å²) in [5.74, 6) is 0.388. The second-order valence-electron chi connectivity index (χ2n) is 6.94. The van der Waals surface area contributed by atoms with Crippen molar-refractivity contribution in [3.05, 3.63) is 42.1 Å². The largest absolute Gasteiger partial charge is 0.491 e. The van der Waals surface area contributed by atoms with E-state index in [-0.39, 0.29) is 4.90 Å². The average Bonchev–Trinajstić information content (AvgIpc) is 3.19. The van der Waals surface area contributed by atoms with E-state index in [1.165, 1.54) is 12.3 Å². The Balaban J connectivity index is 1.83. The summed E-state index contributed by atoms with van der Waals surface area (Å²) in [6.07, 6.45) is -1.49. The Kier molecular flexibility index (Phi) is 4.41. The molecule has 6 nitrogen and oxygen atoms in total. The summed E-state index contributed by atoms with van der Waals surface area (Å²) in [5, 5.41) is 3.54. The minimum absolute atomic E-state index is 0.189. The van der Waals surface area contributed by atoms with E-state index >= 15 is 0 Å². The molecule has 10 heteroatoms. The number of ether oxygens (including phenoxy) is 1. The van der Waals surface area contributed by atoms with E-state index in [1.54, 1.807) is 24.3 Å². The Morgan fingerprint density at radius 2 is 1.97 bits per heavy atom. The van der Waals surface area contributed by atoms with E-state index in [4.69, 9.17) is 10.5 Å². The van der Waals surface area contributed by atoms with Gasteiger partial charge < -0.3 is 20.4 Å². The smallest absolute Gasteiger partial charge is 0.406 e. The molecule has 154 valence electrons. The van der Waals surface area contributed by atoms with Gasteiger partial charge in [-0.15, -0.1) is 0 Å². The van der Waals surface area contributed by atoms with Crippen LogP contribution in [0.3, 0.4) is 0 Å². The second kappa shape index (κ2) is 6.58. The van der Waals surface area contributed by atoms with Crippen molar-refractivity contribution in [2.75, 3.05) is 23.9 Å². The number of hydrogen-bond acceptors (Lipinski definition) is 5. The second-order valence-corrected chi connectivity index (χ2v) is 8.93. The maximum atomic E-state index is 13.0. The number of nitrogens with one attached hydrogen (secondary N) is 1. The quantitative estimate of drug-likeness (QED) is 0.620. The lowest BCUT2D eigenvalue weighted by atomic mass is 10.1. The molecule has 0 bridgehead atoms. The predicted octanol–water partition coefficient (Wildman–Crippen LogP) is 3.87. The van der Waals surface area contributed by atoms with Crippen LogP contribution in [0.2, 0.25) is 0 Å². The van der Waals surface area contributed by atoms with Gasteiger partial charge in [-0.3, -0.25) is 0 Å². The minimum Gasteiger partial charge on any atom is -0.491 e. The molecule has 0 radical (unpaired) electrons. The number of anilines is 3. The van der Waals surface area contributed by atoms with Crippen molar-refractivity contribution in [1.29, 1.82) is 0 Å². The highest BCUT2D eigenvalue weighted by Crippen LogP contribution is 2.42. The fourth-order valence-electron chi connectivity index (χ4n) is 3.66. The zero-order valence-electron chi connectivity index (χ0n) is 15.4. The van der Waals surface area contributed by atoms with Crippen molar-refractivity contribution < 1.29 is 26.3 Å². The first-order chi connectivity index (χ1) is 13.5. The van der Waals surface area contributed by atoms with Gasteiger partial charge in [0.25, 0.3) is 0 Å². The van der Waals surface area contributed by atoms with E-state index in [0.717, 1.165) is 10.8 Å². The summed E-state index contributed by atoms with van der Waals surface area (Å²) in [6, 6.07) is 7.79. The molecule has 3 N–H and O–H groups in total. The van der Waals surface area contributed by atoms with E-state index in [2.05, 4.69) is 5.32 Å². The van der Waals surface area contributed by atoms with Gasteiger partial charge >= 0.3 is 6.18 Å². The molecule has 0 spiro atoms. The number of sulfone groups is 1. The number of rotatable bonds is 4. The first-order valence-electron chi connectivity index (χ1n) is 8.74. The molecule has 0 fully saturated rings. The molecule has 1 aromatic heterocycles. The number of hydrogen-bond donors (Lipinski definition) is 2. The molecule has 1 aliphatic rings. The number of nitrogen functional groups attached to an aromatic ring is 1. The molecule has 1 aliphatic heterocycles. The van der Waals surface area contributed by atoms with Crippen molar-refractivity contribution in [3.63, 3.8) is 0 Å². The summed E-state index contributed by atoms with van der Waals surface area (Å²) in [4.78, 5) is 0.189. The Hall–Kier alpha value is -2.88. The highest BCUT2D eigenvalue weighted by Gasteiger charge is 2.30. The minimum atomic E-state index is -4.39. The monoisotopic (exact) mass is 425 g/mol. The van der Waals surface area contributed by atoms with E-state index in [9.17, 15) is 21.6 Å². The molecule has 4 rings (SSSR count). The van der Waals surface area contributed by atoms with Crippen LogP contribution in [-0.2, 0) is 22.8 Å². The van der Waals surface area contributed by atoms with Crippen molar-refractivity contribution in [3.8, 4) is 5.75 Å². The van der Waals surface area contributed by atoms with Gasteiger partial charge in [0.2, 0.25) is 0 Å². The van der Waals surface area contributed by atoms with E-state index in [0.29, 0.717) is 52.3 Å². The summed E-state index contributed by atoms with van der Waals surface area (Å²) in [6.45, 7) is -0.829. The molecule has 2 heterocycles. The first kappa shape index (κ1) is 19.4. The van der Waals surface area contributed by atoms with Gasteiger partial charge in [0.05, 0.1) is 28.4 Å². The lowest BCUT2D eigenvalue weighted by Gasteiger charge is -2.13. The van der Waals surface area contributed by atoms with Crippen LogP contribution in [0.25, 0.3) is 10.9 Å². The number of nitrogens with two attached hydrogens (primary N) is 1. The topological polar surface area (TPSA) is 86.4 Å². The highest BCUT2D eigenvalue weighted by molar-refractivity contribution is 7.90. The van der Waals surface area contributed by atoms with Crippen molar-refractivity contribution in [1.82, 2.24) is 4.57 Å². The molecule has 3 aromatic rings. The maximum Gasteiger partial charge on any atom is 0.406 e. The Morgan fingerprint density at radius 3 is 2.66 bits per heavy atom. The van der Waals surface area contributed by atoms with Crippen LogP contribution < -0.4 is 15.8 Å². The molecule has 0 atom stereocenters. The molecule has 0 saturated heterocycles. The molecule has 2 aromatic carbocycles. The van der Waals surface area contributed by atoms with Gasteiger partial charge in [-0.05, 0) is 24.3 Å². The van der Waals surface area contributed by atoms with Crippen LogP contribution in [0, 0.1) is 0 Å². The summed E-state index contributed by atoms with van der Waals surface area (Å²) < 4.78 is 69.7. The van der Waals surface area contributed by atoms with Crippen LogP contribution in [0.15, 0.2) is 41.4 Å². The van der Waals surface area contributed by atoms with E-state index < -0.39 is 22.6 Å². The number of benzene rings is 2. The fraction of sp³-hybridized carbons (Fsp3) is 0.263. The predicted molar refractivity (Wildman–Crippen MR) is 104 cm³/mol. The van der Waals surface area contributed by atoms with Gasteiger partial charge in [-0.1, -0.05) is 6.07 Å². The van der Waals surface area contributed by atoms with Gasteiger partial charge in [-0.25, -0.2) is 8.42 Å². The summed E-state index contributed by atoms with van der Waals surface area (Å²) in [5.41, 5.74) is 8.12. The lowest BCUT2D eigenvalue weighted by molar-refractivity contribution is -0.139. The SMILES string of the molecule is CS(=O)(=O)c1ccc(Nc2cn(CC(F)(F)F)c3cccc(N)c23)c2c1CCO2. The molecule has 0 aliphatic carbocycles. The number of nitrogens with zero attached hydrogens (tertiary/aromatic N) is 1. The fourth-order valence-corrected chi connectivity index (χ4v) is 4.61. The number of fused-ring (bicyclic) bond motifs is 2. The van der Waals surface area contributed by atoms with Crippen LogP contribution in [0.4, 0.5) is 30.2 Å². The van der Waals surface area contributed by atoms with Crippen LogP contribution in [0.1, 0.15) is 5.56 Å². The Morgan fingerprint density at radius 1 is 1.21 bits per heavy atom. The van der Waals surface area contributed by atoms with Crippen LogP contribution >= 0.6 is 0 Å². The third-order valence-electron chi connectivity index (χ3n) is 4.77. The van der Waals surface area contributed by atoms with Crippen molar-refractivity contribution in [2.24, 2.45) is 0 Å². The third kappa shape index (κ3) is 3.59. The summed E-state index contributed by atoms with van der Waals surface area (Å²) in [7, 11) is -3.43. The number of halogens is 3. The zero-order chi connectivity index (χ0) is 21.0. The zero-order valence-corrected chi connectivity index (χ0v) is 16.2. The van der Waals surface area contributed by atoms with Gasteiger partial charge in [0.15, 0.2) is 9.84 Å². The molecule has 29 heavy (non-hydrogen) atoms.